The summed E-state index contributed by atoms with van der Waals surface area (Å²) in [5, 5.41) is 10.9. The second-order valence-electron chi connectivity index (χ2n) is 8.55. The molecule has 0 aliphatic carbocycles. The maximum absolute atomic E-state index is 12.2. The quantitative estimate of drug-likeness (QED) is 0.805. The van der Waals surface area contributed by atoms with Gasteiger partial charge < -0.3 is 9.74 Å². The molecule has 0 saturated carbocycles. The van der Waals surface area contributed by atoms with Gasteiger partial charge in [0.05, 0.1) is 23.7 Å². The Morgan fingerprint density at radius 1 is 1.07 bits per heavy atom. The molecule has 1 saturated heterocycles. The van der Waals surface area contributed by atoms with Gasteiger partial charge in [-0.3, -0.25) is 0 Å². The third kappa shape index (κ3) is 4.17. The van der Waals surface area contributed by atoms with Gasteiger partial charge in [-0.2, -0.15) is 0 Å². The van der Waals surface area contributed by atoms with E-state index in [0.717, 1.165) is 41.3 Å². The zero-order valence-corrected chi connectivity index (χ0v) is 17.7. The molecule has 6 heteroatoms. The lowest BCUT2D eigenvalue weighted by Crippen LogP contribution is -2.53. The topological polar surface area (TPSA) is 58.6 Å². The summed E-state index contributed by atoms with van der Waals surface area (Å²) in [6.07, 6.45) is 0. The molecule has 2 heterocycles. The summed E-state index contributed by atoms with van der Waals surface area (Å²) in [5.74, 6) is 0.706. The minimum atomic E-state index is -0.511. The molecule has 0 bridgehead atoms. The van der Waals surface area contributed by atoms with E-state index in [4.69, 9.17) is 4.84 Å². The van der Waals surface area contributed by atoms with Crippen molar-refractivity contribution in [2.75, 3.05) is 24.5 Å². The maximum Gasteiger partial charge on any atom is 0.330 e. The minimum absolute atomic E-state index is 0.0790. The number of hydrogen-bond acceptors (Lipinski definition) is 6. The van der Waals surface area contributed by atoms with Crippen molar-refractivity contribution in [2.45, 2.75) is 47.6 Å². The Hall–Kier alpha value is -2.47. The van der Waals surface area contributed by atoms with E-state index in [1.165, 1.54) is 0 Å². The number of nitrogens with zero attached hydrogens (tertiary/aromatic N) is 4. The largest absolute Gasteiger partial charge is 0.367 e. The van der Waals surface area contributed by atoms with Crippen LogP contribution >= 0.6 is 0 Å². The van der Waals surface area contributed by atoms with Gasteiger partial charge in [0.1, 0.15) is 0 Å². The van der Waals surface area contributed by atoms with E-state index in [1.54, 1.807) is 5.06 Å². The van der Waals surface area contributed by atoms with Gasteiger partial charge >= 0.3 is 5.97 Å². The van der Waals surface area contributed by atoms with E-state index in [2.05, 4.69) is 48.0 Å². The Morgan fingerprint density at radius 3 is 2.36 bits per heavy atom. The Labute approximate surface area is 167 Å². The standard InChI is InChI=1S/C22H30N4O2/c1-15-14-25(12-13-26(15)28-21(27)22(4,5)6)20-17(3)16(2)19(23-24-20)18-10-8-7-9-11-18/h7-11,15H,12-14H2,1-6H3/t15-/m0/s1. The zero-order chi connectivity index (χ0) is 20.5. The molecule has 0 spiro atoms. The average molecular weight is 383 g/mol. The monoisotopic (exact) mass is 382 g/mol. The molecule has 1 aromatic carbocycles. The molecule has 1 atom stereocenters. The number of hydroxylamine groups is 2. The number of anilines is 1. The predicted molar refractivity (Wildman–Crippen MR) is 111 cm³/mol. The first kappa shape index (κ1) is 20.3. The van der Waals surface area contributed by atoms with Crippen LogP contribution in [-0.2, 0) is 9.63 Å². The highest BCUT2D eigenvalue weighted by molar-refractivity contribution is 5.75. The molecule has 6 nitrogen and oxygen atoms in total. The smallest absolute Gasteiger partial charge is 0.330 e. The second kappa shape index (κ2) is 7.87. The SMILES string of the molecule is Cc1c(-c2ccccc2)nnc(N2CCN(OC(=O)C(C)(C)C)[C@@H](C)C2)c1C. The van der Waals surface area contributed by atoms with Crippen LogP contribution in [0.25, 0.3) is 11.3 Å². The molecule has 3 rings (SSSR count). The van der Waals surface area contributed by atoms with E-state index in [1.807, 2.05) is 39.0 Å². The molecule has 150 valence electrons. The number of carbonyl (C=O) groups excluding carboxylic acids is 1. The van der Waals surface area contributed by atoms with Crippen LogP contribution in [0, 0.1) is 19.3 Å². The Balaban J connectivity index is 1.75. The average Bonchev–Trinajstić information content (AvgIpc) is 2.65. The Kier molecular flexibility index (Phi) is 5.70. The maximum atomic E-state index is 12.2. The van der Waals surface area contributed by atoms with Crippen molar-refractivity contribution in [3.05, 3.63) is 41.5 Å². The molecular weight excluding hydrogens is 352 g/mol. The third-order valence-corrected chi connectivity index (χ3v) is 5.22. The van der Waals surface area contributed by atoms with Crippen LogP contribution in [0.2, 0.25) is 0 Å². The van der Waals surface area contributed by atoms with E-state index >= 15 is 0 Å². The Bertz CT molecular complexity index is 846. The van der Waals surface area contributed by atoms with Gasteiger partial charge in [-0.1, -0.05) is 30.3 Å². The second-order valence-corrected chi connectivity index (χ2v) is 8.55. The predicted octanol–water partition coefficient (Wildman–Crippen LogP) is 3.78. The molecule has 1 fully saturated rings. The molecule has 0 N–H and O–H groups in total. The van der Waals surface area contributed by atoms with Gasteiger partial charge in [-0.05, 0) is 52.7 Å². The van der Waals surface area contributed by atoms with Crippen molar-refractivity contribution in [3.8, 4) is 11.3 Å². The first-order valence-electron chi connectivity index (χ1n) is 9.81. The van der Waals surface area contributed by atoms with Crippen LogP contribution in [-0.4, -0.2) is 46.9 Å². The molecule has 0 radical (unpaired) electrons. The summed E-state index contributed by atoms with van der Waals surface area (Å²) in [6, 6.07) is 10.2. The molecule has 1 aromatic heterocycles. The van der Waals surface area contributed by atoms with E-state index in [0.29, 0.717) is 6.54 Å². The normalized spacial score (nSPS) is 18.2. The minimum Gasteiger partial charge on any atom is -0.367 e. The lowest BCUT2D eigenvalue weighted by Gasteiger charge is -2.40. The number of benzene rings is 1. The molecule has 0 unspecified atom stereocenters. The van der Waals surface area contributed by atoms with Crippen molar-refractivity contribution < 1.29 is 9.63 Å². The summed E-state index contributed by atoms with van der Waals surface area (Å²) in [4.78, 5) is 20.0. The molecule has 2 aromatic rings. The summed E-state index contributed by atoms with van der Waals surface area (Å²) >= 11 is 0. The van der Waals surface area contributed by atoms with Crippen LogP contribution < -0.4 is 4.90 Å². The summed E-state index contributed by atoms with van der Waals surface area (Å²) in [7, 11) is 0. The first-order chi connectivity index (χ1) is 13.2. The van der Waals surface area contributed by atoms with Crippen LogP contribution in [0.1, 0.15) is 38.8 Å². The van der Waals surface area contributed by atoms with Gasteiger partial charge in [0, 0.05) is 18.7 Å². The number of carbonyl (C=O) groups is 1. The fourth-order valence-electron chi connectivity index (χ4n) is 3.28. The third-order valence-electron chi connectivity index (χ3n) is 5.22. The Morgan fingerprint density at radius 2 is 1.75 bits per heavy atom. The van der Waals surface area contributed by atoms with Crippen molar-refractivity contribution in [3.63, 3.8) is 0 Å². The van der Waals surface area contributed by atoms with E-state index < -0.39 is 5.41 Å². The van der Waals surface area contributed by atoms with Gasteiger partial charge in [-0.25, -0.2) is 4.79 Å². The van der Waals surface area contributed by atoms with Gasteiger partial charge in [-0.15, -0.1) is 15.3 Å². The van der Waals surface area contributed by atoms with Gasteiger partial charge in [0.15, 0.2) is 5.82 Å². The number of hydrogen-bond donors (Lipinski definition) is 0. The van der Waals surface area contributed by atoms with Crippen LogP contribution in [0.5, 0.6) is 0 Å². The molecule has 28 heavy (non-hydrogen) atoms. The summed E-state index contributed by atoms with van der Waals surface area (Å²) in [6.45, 7) is 14.0. The number of piperazine rings is 1. The molecule has 0 amide bonds. The lowest BCUT2D eigenvalue weighted by atomic mass is 9.98. The van der Waals surface area contributed by atoms with E-state index in [-0.39, 0.29) is 12.0 Å². The van der Waals surface area contributed by atoms with Gasteiger partial charge in [0.25, 0.3) is 0 Å². The van der Waals surface area contributed by atoms with Crippen LogP contribution in [0.4, 0.5) is 5.82 Å². The highest BCUT2D eigenvalue weighted by Gasteiger charge is 2.32. The molecular formula is C22H30N4O2. The fourth-order valence-corrected chi connectivity index (χ4v) is 3.28. The number of rotatable bonds is 3. The molecule has 1 aliphatic heterocycles. The van der Waals surface area contributed by atoms with Crippen molar-refractivity contribution in [1.29, 1.82) is 0 Å². The van der Waals surface area contributed by atoms with Crippen molar-refractivity contribution in [2.24, 2.45) is 5.41 Å². The first-order valence-corrected chi connectivity index (χ1v) is 9.81. The summed E-state index contributed by atoms with van der Waals surface area (Å²) in [5.41, 5.74) is 3.78. The van der Waals surface area contributed by atoms with Crippen LogP contribution in [0.3, 0.4) is 0 Å². The molecule has 1 aliphatic rings. The summed E-state index contributed by atoms with van der Waals surface area (Å²) < 4.78 is 0. The van der Waals surface area contributed by atoms with E-state index in [9.17, 15) is 4.79 Å². The van der Waals surface area contributed by atoms with Crippen molar-refractivity contribution in [1.82, 2.24) is 15.3 Å². The van der Waals surface area contributed by atoms with Gasteiger partial charge in [0.2, 0.25) is 0 Å². The van der Waals surface area contributed by atoms with Crippen molar-refractivity contribution >= 4 is 11.8 Å². The number of aromatic nitrogens is 2. The van der Waals surface area contributed by atoms with Crippen LogP contribution in [0.15, 0.2) is 30.3 Å². The fraction of sp³-hybridized carbons (Fsp3) is 0.500. The highest BCUT2D eigenvalue weighted by Crippen LogP contribution is 2.29. The highest BCUT2D eigenvalue weighted by atomic mass is 16.7. The lowest BCUT2D eigenvalue weighted by molar-refractivity contribution is -0.211. The zero-order valence-electron chi connectivity index (χ0n) is 17.7.